The minimum atomic E-state index is -1.14. The van der Waals surface area contributed by atoms with E-state index in [4.69, 9.17) is 4.74 Å². The molecule has 0 saturated carbocycles. The van der Waals surface area contributed by atoms with Crippen molar-refractivity contribution in [1.82, 2.24) is 0 Å². The van der Waals surface area contributed by atoms with Crippen LogP contribution in [0.15, 0.2) is 40.9 Å². The summed E-state index contributed by atoms with van der Waals surface area (Å²) in [5, 5.41) is 9.19. The predicted molar refractivity (Wildman–Crippen MR) is 82.3 cm³/mol. The second kappa shape index (κ2) is 6.10. The first-order chi connectivity index (χ1) is 9.95. The molecule has 2 rings (SSSR count). The van der Waals surface area contributed by atoms with Crippen LogP contribution in [0.25, 0.3) is 0 Å². The first kappa shape index (κ1) is 15.3. The Morgan fingerprint density at radius 2 is 1.71 bits per heavy atom. The summed E-state index contributed by atoms with van der Waals surface area (Å²) in [6, 6.07) is 9.51. The molecule has 0 aliphatic heterocycles. The summed E-state index contributed by atoms with van der Waals surface area (Å²) >= 11 is 3.37. The van der Waals surface area contributed by atoms with Gasteiger partial charge >= 0.3 is 5.97 Å². The molecule has 1 N–H and O–H groups in total. The third kappa shape index (κ3) is 2.97. The average molecular weight is 349 g/mol. The zero-order chi connectivity index (χ0) is 15.6. The average Bonchev–Trinajstić information content (AvgIpc) is 2.48. The number of aromatic carboxylic acids is 1. The summed E-state index contributed by atoms with van der Waals surface area (Å²) in [7, 11) is 1.47. The fourth-order valence-corrected chi connectivity index (χ4v) is 2.36. The van der Waals surface area contributed by atoms with E-state index in [0.29, 0.717) is 11.3 Å². The van der Waals surface area contributed by atoms with Crippen LogP contribution in [-0.2, 0) is 0 Å². The van der Waals surface area contributed by atoms with Gasteiger partial charge in [-0.05, 0) is 30.7 Å². The molecule has 0 fully saturated rings. The van der Waals surface area contributed by atoms with Crippen LogP contribution in [0.4, 0.5) is 0 Å². The van der Waals surface area contributed by atoms with Crippen LogP contribution in [0.2, 0.25) is 0 Å². The number of rotatable bonds is 4. The van der Waals surface area contributed by atoms with E-state index in [-0.39, 0.29) is 16.9 Å². The van der Waals surface area contributed by atoms with Crippen LogP contribution in [0.1, 0.15) is 31.8 Å². The number of ether oxygens (including phenoxy) is 1. The lowest BCUT2D eigenvalue weighted by Gasteiger charge is -2.11. The SMILES string of the molecule is COc1cc(C)c(Br)cc1C(=O)c1ccccc1C(=O)O. The van der Waals surface area contributed by atoms with Crippen LogP contribution in [0, 0.1) is 6.92 Å². The van der Waals surface area contributed by atoms with E-state index in [1.807, 2.05) is 6.92 Å². The lowest BCUT2D eigenvalue weighted by Crippen LogP contribution is -2.11. The number of hydrogen-bond acceptors (Lipinski definition) is 3. The lowest BCUT2D eigenvalue weighted by atomic mass is 9.97. The zero-order valence-electron chi connectivity index (χ0n) is 11.5. The maximum absolute atomic E-state index is 12.7. The molecule has 0 saturated heterocycles. The van der Waals surface area contributed by atoms with Gasteiger partial charge in [-0.15, -0.1) is 0 Å². The first-order valence-corrected chi connectivity index (χ1v) is 6.96. The molecule has 0 aliphatic rings. The molecule has 0 heterocycles. The highest BCUT2D eigenvalue weighted by atomic mass is 79.9. The molecule has 108 valence electrons. The van der Waals surface area contributed by atoms with Crippen molar-refractivity contribution in [1.29, 1.82) is 0 Å². The van der Waals surface area contributed by atoms with Gasteiger partial charge in [0.1, 0.15) is 5.75 Å². The second-order valence-electron chi connectivity index (χ2n) is 4.48. The minimum Gasteiger partial charge on any atom is -0.496 e. The molecule has 0 amide bonds. The smallest absolute Gasteiger partial charge is 0.336 e. The number of carboxylic acid groups (broad SMARTS) is 1. The number of carbonyl (C=O) groups is 2. The molecule has 0 spiro atoms. The van der Waals surface area contributed by atoms with Gasteiger partial charge in [0.05, 0.1) is 18.2 Å². The molecule has 0 aliphatic carbocycles. The maximum Gasteiger partial charge on any atom is 0.336 e. The summed E-state index contributed by atoms with van der Waals surface area (Å²) in [4.78, 5) is 23.9. The third-order valence-electron chi connectivity index (χ3n) is 3.13. The largest absolute Gasteiger partial charge is 0.496 e. The fraction of sp³-hybridized carbons (Fsp3) is 0.125. The van der Waals surface area contributed by atoms with Crippen molar-refractivity contribution >= 4 is 27.7 Å². The Labute approximate surface area is 130 Å². The first-order valence-electron chi connectivity index (χ1n) is 6.17. The number of benzene rings is 2. The Bertz CT molecular complexity index is 722. The van der Waals surface area contributed by atoms with Gasteiger partial charge < -0.3 is 9.84 Å². The summed E-state index contributed by atoms with van der Waals surface area (Å²) in [6.07, 6.45) is 0. The Morgan fingerprint density at radius 3 is 2.29 bits per heavy atom. The third-order valence-corrected chi connectivity index (χ3v) is 3.98. The number of carboxylic acids is 1. The maximum atomic E-state index is 12.7. The fourth-order valence-electron chi connectivity index (χ4n) is 2.01. The topological polar surface area (TPSA) is 63.6 Å². The molecular weight excluding hydrogens is 336 g/mol. The number of carbonyl (C=O) groups excluding carboxylic acids is 1. The zero-order valence-corrected chi connectivity index (χ0v) is 13.1. The van der Waals surface area contributed by atoms with E-state index in [1.54, 1.807) is 24.3 Å². The van der Waals surface area contributed by atoms with Crippen molar-refractivity contribution in [2.75, 3.05) is 7.11 Å². The summed E-state index contributed by atoms with van der Waals surface area (Å²) in [5.41, 5.74) is 1.36. The number of aryl methyl sites for hydroxylation is 1. The summed E-state index contributed by atoms with van der Waals surface area (Å²) < 4.78 is 6.00. The van der Waals surface area contributed by atoms with Crippen LogP contribution >= 0.6 is 15.9 Å². The Balaban J connectivity index is 2.60. The summed E-state index contributed by atoms with van der Waals surface area (Å²) in [6.45, 7) is 1.88. The van der Waals surface area contributed by atoms with Crippen LogP contribution in [-0.4, -0.2) is 24.0 Å². The normalized spacial score (nSPS) is 10.2. The van der Waals surface area contributed by atoms with Crippen LogP contribution in [0.3, 0.4) is 0 Å². The van der Waals surface area contributed by atoms with Crippen molar-refractivity contribution in [3.63, 3.8) is 0 Å². The van der Waals surface area contributed by atoms with Crippen molar-refractivity contribution in [2.24, 2.45) is 0 Å². The van der Waals surface area contributed by atoms with Gasteiger partial charge in [-0.2, -0.15) is 0 Å². The molecule has 0 atom stereocenters. The molecular formula is C16H13BrO4. The number of methoxy groups -OCH3 is 1. The Morgan fingerprint density at radius 1 is 1.10 bits per heavy atom. The molecule has 0 aromatic heterocycles. The van der Waals surface area contributed by atoms with Crippen molar-refractivity contribution < 1.29 is 19.4 Å². The standard InChI is InChI=1S/C16H13BrO4/c1-9-7-14(21-2)12(8-13(9)17)15(18)10-5-3-4-6-11(10)16(19)20/h3-8H,1-2H3,(H,19,20). The second-order valence-corrected chi connectivity index (χ2v) is 5.34. The lowest BCUT2D eigenvalue weighted by molar-refractivity contribution is 0.0692. The van der Waals surface area contributed by atoms with Gasteiger partial charge in [-0.25, -0.2) is 4.79 Å². The van der Waals surface area contributed by atoms with Gasteiger partial charge in [0.15, 0.2) is 5.78 Å². The van der Waals surface area contributed by atoms with E-state index in [2.05, 4.69) is 15.9 Å². The summed E-state index contributed by atoms with van der Waals surface area (Å²) in [5.74, 6) is -1.10. The van der Waals surface area contributed by atoms with Crippen molar-refractivity contribution in [3.8, 4) is 5.75 Å². The highest BCUT2D eigenvalue weighted by molar-refractivity contribution is 9.10. The van der Waals surface area contributed by atoms with Gasteiger partial charge in [0.2, 0.25) is 0 Å². The molecule has 0 bridgehead atoms. The quantitative estimate of drug-likeness (QED) is 0.855. The predicted octanol–water partition coefficient (Wildman–Crippen LogP) is 3.70. The van der Waals surface area contributed by atoms with Crippen molar-refractivity contribution in [3.05, 3.63) is 63.1 Å². The monoisotopic (exact) mass is 348 g/mol. The van der Waals surface area contributed by atoms with Crippen LogP contribution < -0.4 is 4.74 Å². The molecule has 2 aromatic carbocycles. The number of ketones is 1. The van der Waals surface area contributed by atoms with Gasteiger partial charge in [0, 0.05) is 10.0 Å². The van der Waals surface area contributed by atoms with Gasteiger partial charge in [-0.1, -0.05) is 34.1 Å². The van der Waals surface area contributed by atoms with Crippen LogP contribution in [0.5, 0.6) is 5.75 Å². The number of hydrogen-bond donors (Lipinski definition) is 1. The molecule has 0 unspecified atom stereocenters. The molecule has 21 heavy (non-hydrogen) atoms. The molecule has 4 nitrogen and oxygen atoms in total. The van der Waals surface area contributed by atoms with E-state index in [1.165, 1.54) is 19.2 Å². The Kier molecular flexibility index (Phi) is 4.43. The van der Waals surface area contributed by atoms with E-state index in [9.17, 15) is 14.7 Å². The van der Waals surface area contributed by atoms with Gasteiger partial charge in [0.25, 0.3) is 0 Å². The highest BCUT2D eigenvalue weighted by Crippen LogP contribution is 2.29. The molecule has 2 aromatic rings. The van der Waals surface area contributed by atoms with E-state index in [0.717, 1.165) is 10.0 Å². The van der Waals surface area contributed by atoms with Gasteiger partial charge in [-0.3, -0.25) is 4.79 Å². The number of halogens is 1. The van der Waals surface area contributed by atoms with E-state index >= 15 is 0 Å². The molecule has 0 radical (unpaired) electrons. The highest BCUT2D eigenvalue weighted by Gasteiger charge is 2.21. The Hall–Kier alpha value is -2.14. The molecule has 5 heteroatoms. The van der Waals surface area contributed by atoms with E-state index < -0.39 is 5.97 Å². The minimum absolute atomic E-state index is 0.0266. The van der Waals surface area contributed by atoms with Crippen molar-refractivity contribution in [2.45, 2.75) is 6.92 Å².